The van der Waals surface area contributed by atoms with Gasteiger partial charge in [-0.25, -0.2) is 0 Å². The van der Waals surface area contributed by atoms with Crippen LogP contribution in [0.3, 0.4) is 0 Å². The number of allylic oxidation sites excluding steroid dienone is 1. The van der Waals surface area contributed by atoms with E-state index in [1.807, 2.05) is 25.7 Å². The van der Waals surface area contributed by atoms with Crippen molar-refractivity contribution >= 4 is 29.8 Å². The van der Waals surface area contributed by atoms with Gasteiger partial charge in [0.25, 0.3) is 0 Å². The first-order chi connectivity index (χ1) is 18.8. The average Bonchev–Trinajstić information content (AvgIpc) is 3.38. The van der Waals surface area contributed by atoms with Crippen molar-refractivity contribution in [1.29, 1.82) is 0 Å². The van der Waals surface area contributed by atoms with E-state index in [0.717, 1.165) is 24.7 Å². The largest absolute Gasteiger partial charge is 0.481 e. The summed E-state index contributed by atoms with van der Waals surface area (Å²) in [7, 11) is 0. The van der Waals surface area contributed by atoms with Crippen molar-refractivity contribution in [3.8, 4) is 0 Å². The predicted octanol–water partition coefficient (Wildman–Crippen LogP) is 4.66. The maximum atomic E-state index is 13.7. The second kappa shape index (κ2) is 10.5. The zero-order valence-electron chi connectivity index (χ0n) is 24.4. The maximum Gasteiger partial charge on any atom is 0.315 e. The van der Waals surface area contributed by atoms with Crippen LogP contribution in [0.15, 0.2) is 23.3 Å². The number of halogens is 1. The molecule has 4 fully saturated rings. The molecular formula is C31H44ClNO7. The Bertz CT molecular complexity index is 1110. The summed E-state index contributed by atoms with van der Waals surface area (Å²) in [5.41, 5.74) is -2.22. The van der Waals surface area contributed by atoms with Crippen LogP contribution in [0, 0.1) is 45.8 Å². The first kappa shape index (κ1) is 29.7. The molecule has 1 aliphatic heterocycles. The van der Waals surface area contributed by atoms with E-state index in [9.17, 15) is 19.5 Å². The van der Waals surface area contributed by atoms with Crippen LogP contribution in [-0.2, 0) is 28.6 Å². The van der Waals surface area contributed by atoms with Crippen molar-refractivity contribution in [2.75, 3.05) is 26.2 Å². The molecule has 4 aliphatic carbocycles. The summed E-state index contributed by atoms with van der Waals surface area (Å²) in [4.78, 5) is 41.1. The molecule has 1 N–H and O–H groups in total. The van der Waals surface area contributed by atoms with Crippen molar-refractivity contribution in [2.24, 2.45) is 45.8 Å². The van der Waals surface area contributed by atoms with Crippen LogP contribution in [0.1, 0.15) is 60.3 Å². The molecule has 9 heteroatoms. The fourth-order valence-corrected chi connectivity index (χ4v) is 10.00. The Morgan fingerprint density at radius 2 is 2.00 bits per heavy atom. The van der Waals surface area contributed by atoms with Crippen molar-refractivity contribution in [2.45, 2.75) is 78.8 Å². The number of aliphatic carboxylic acids is 1. The molecule has 0 spiro atoms. The number of carbonyl (C=O) groups excluding carboxylic acids is 2. The van der Waals surface area contributed by atoms with Gasteiger partial charge in [-0.2, -0.15) is 0 Å². The lowest BCUT2D eigenvalue weighted by Crippen LogP contribution is -2.63. The van der Waals surface area contributed by atoms with Crippen LogP contribution in [-0.4, -0.2) is 73.0 Å². The predicted molar refractivity (Wildman–Crippen MR) is 149 cm³/mol. The van der Waals surface area contributed by atoms with Crippen LogP contribution in [0.2, 0.25) is 0 Å². The molecule has 5 aliphatic rings. The maximum absolute atomic E-state index is 13.7. The van der Waals surface area contributed by atoms with E-state index in [-0.39, 0.29) is 36.4 Å². The summed E-state index contributed by atoms with van der Waals surface area (Å²) in [6.45, 7) is 14.8. The minimum absolute atomic E-state index is 0.0179. The minimum Gasteiger partial charge on any atom is -0.481 e. The van der Waals surface area contributed by atoms with E-state index in [4.69, 9.17) is 25.8 Å². The molecule has 1 saturated heterocycles. The van der Waals surface area contributed by atoms with Gasteiger partial charge in [0.05, 0.1) is 18.1 Å². The number of carbonyl (C=O) groups is 3. The summed E-state index contributed by atoms with van der Waals surface area (Å²) in [5.74, 6) is -0.751. The standard InChI is InChI=1S/C31H44ClNO7/c1-17(2)25-9-22-10-29(15-34)24-8-7-18(3)23(24)11-30(22,31(25,29)28(36)37)16-38-27-26(40-21(6)35)14-33(12-19(4)32)13-20(5)39-27/h9,15,17-18,20,22-24,26-27H,4,7-8,10-14,16H2,1-3,5-6H3,(H,36,37)/t18-,20-,22+,23-,24-,26+,27-,29+,30+,31+/m1/s1. The van der Waals surface area contributed by atoms with Gasteiger partial charge in [-0.05, 0) is 55.8 Å². The monoisotopic (exact) mass is 577 g/mol. The van der Waals surface area contributed by atoms with E-state index < -0.39 is 40.6 Å². The lowest BCUT2D eigenvalue weighted by atomic mass is 9.43. The number of rotatable bonds is 9. The Balaban J connectivity index is 1.54. The van der Waals surface area contributed by atoms with E-state index in [1.165, 1.54) is 6.92 Å². The summed E-state index contributed by atoms with van der Waals surface area (Å²) in [5, 5.41) is 11.7. The fourth-order valence-electron chi connectivity index (χ4n) is 9.83. The highest BCUT2D eigenvalue weighted by atomic mass is 35.5. The van der Waals surface area contributed by atoms with Gasteiger partial charge in [0.2, 0.25) is 0 Å². The Kier molecular flexibility index (Phi) is 7.82. The van der Waals surface area contributed by atoms with Gasteiger partial charge >= 0.3 is 11.9 Å². The molecule has 0 aromatic carbocycles. The smallest absolute Gasteiger partial charge is 0.315 e. The molecule has 0 aromatic heterocycles. The van der Waals surface area contributed by atoms with E-state index in [2.05, 4.69) is 19.6 Å². The molecule has 10 atom stereocenters. The van der Waals surface area contributed by atoms with Gasteiger partial charge in [-0.3, -0.25) is 14.5 Å². The third kappa shape index (κ3) is 4.15. The van der Waals surface area contributed by atoms with Crippen molar-refractivity contribution in [3.05, 3.63) is 23.3 Å². The molecule has 3 saturated carbocycles. The topological polar surface area (TPSA) is 102 Å². The zero-order valence-corrected chi connectivity index (χ0v) is 25.1. The van der Waals surface area contributed by atoms with E-state index in [0.29, 0.717) is 43.4 Å². The van der Waals surface area contributed by atoms with Crippen LogP contribution in [0.25, 0.3) is 0 Å². The van der Waals surface area contributed by atoms with Crippen molar-refractivity contribution < 1.29 is 33.7 Å². The van der Waals surface area contributed by atoms with Crippen LogP contribution in [0.5, 0.6) is 0 Å². The molecule has 0 radical (unpaired) electrons. The van der Waals surface area contributed by atoms with Gasteiger partial charge in [0.15, 0.2) is 12.4 Å². The SMILES string of the molecule is C=C(Cl)CN1C[C@@H](C)O[C@@H](OC[C@@]23C[C@@H]4[C@H](C)CC[C@H]4[C@@]4(C=O)C[C@@H]2C=C(C(C)C)[C@@]34C(=O)O)[C@@H](OC(C)=O)C1. The number of carboxylic acids is 1. The van der Waals surface area contributed by atoms with Gasteiger partial charge in [-0.15, -0.1) is 0 Å². The molecule has 0 unspecified atom stereocenters. The van der Waals surface area contributed by atoms with Crippen molar-refractivity contribution in [1.82, 2.24) is 4.90 Å². The number of fused-ring (bicyclic) bond motifs is 2. The normalized spacial score (nSPS) is 44.2. The number of esters is 1. The summed E-state index contributed by atoms with van der Waals surface area (Å²) >= 11 is 6.11. The summed E-state index contributed by atoms with van der Waals surface area (Å²) in [6, 6.07) is 0. The Labute approximate surface area is 242 Å². The molecule has 5 rings (SSSR count). The molecule has 222 valence electrons. The van der Waals surface area contributed by atoms with Crippen LogP contribution >= 0.6 is 11.6 Å². The first-order valence-corrected chi connectivity index (χ1v) is 15.1. The lowest BCUT2D eigenvalue weighted by Gasteiger charge is -2.58. The Morgan fingerprint density at radius 1 is 1.27 bits per heavy atom. The van der Waals surface area contributed by atoms with Crippen LogP contribution in [0.4, 0.5) is 0 Å². The molecule has 0 aromatic rings. The highest BCUT2D eigenvalue weighted by Gasteiger charge is 2.84. The number of aldehydes is 1. The molecule has 40 heavy (non-hydrogen) atoms. The van der Waals surface area contributed by atoms with Gasteiger partial charge < -0.3 is 24.1 Å². The Morgan fingerprint density at radius 3 is 2.60 bits per heavy atom. The molecule has 1 heterocycles. The van der Waals surface area contributed by atoms with Gasteiger partial charge in [0.1, 0.15) is 11.7 Å². The van der Waals surface area contributed by atoms with E-state index >= 15 is 0 Å². The number of nitrogens with zero attached hydrogens (tertiary/aromatic N) is 1. The summed E-state index contributed by atoms with van der Waals surface area (Å²) < 4.78 is 18.6. The number of carboxylic acid groups (broad SMARTS) is 1. The average molecular weight is 578 g/mol. The second-order valence-corrected chi connectivity index (χ2v) is 14.0. The molecule has 4 bridgehead atoms. The highest BCUT2D eigenvalue weighted by Crippen LogP contribution is 2.82. The number of ether oxygens (including phenoxy) is 3. The molecule has 0 amide bonds. The summed E-state index contributed by atoms with van der Waals surface area (Å²) in [6.07, 6.45) is 4.41. The highest BCUT2D eigenvalue weighted by molar-refractivity contribution is 6.29. The first-order valence-electron chi connectivity index (χ1n) is 14.7. The third-order valence-corrected chi connectivity index (χ3v) is 11.1. The number of hydrogen-bond donors (Lipinski definition) is 1. The van der Waals surface area contributed by atoms with Gasteiger partial charge in [-0.1, -0.05) is 57.0 Å². The van der Waals surface area contributed by atoms with Crippen molar-refractivity contribution in [3.63, 3.8) is 0 Å². The third-order valence-electron chi connectivity index (χ3n) is 11.0. The fraction of sp³-hybridized carbons (Fsp3) is 0.774. The number of hydrogen-bond acceptors (Lipinski definition) is 7. The zero-order chi connectivity index (χ0) is 29.2. The minimum atomic E-state index is -1.33. The second-order valence-electron chi connectivity index (χ2n) is 13.5. The lowest BCUT2D eigenvalue weighted by molar-refractivity contribution is -0.240. The quantitative estimate of drug-likeness (QED) is 0.240. The molecular weight excluding hydrogens is 534 g/mol. The Hall–Kier alpha value is -1.74. The molecule has 8 nitrogen and oxygen atoms in total. The van der Waals surface area contributed by atoms with E-state index in [1.54, 1.807) is 0 Å². The van der Waals surface area contributed by atoms with Crippen LogP contribution < -0.4 is 0 Å². The van der Waals surface area contributed by atoms with Gasteiger partial charge in [0, 0.05) is 37.0 Å².